The zero-order chi connectivity index (χ0) is 22.9. The van der Waals surface area contributed by atoms with Gasteiger partial charge in [0.25, 0.3) is 0 Å². The van der Waals surface area contributed by atoms with Gasteiger partial charge in [0.2, 0.25) is 11.8 Å². The lowest BCUT2D eigenvalue weighted by Gasteiger charge is -2.25. The first-order valence-electron chi connectivity index (χ1n) is 11.7. The molecule has 9 heteroatoms. The molecule has 0 aromatic heterocycles. The minimum Gasteiger partial charge on any atom is -0.356 e. The van der Waals surface area contributed by atoms with Crippen LogP contribution in [-0.2, 0) is 9.59 Å². The first-order chi connectivity index (χ1) is 14.7. The van der Waals surface area contributed by atoms with E-state index in [4.69, 9.17) is 5.73 Å². The van der Waals surface area contributed by atoms with Gasteiger partial charge in [-0.25, -0.2) is 4.79 Å². The van der Waals surface area contributed by atoms with Gasteiger partial charge >= 0.3 is 6.03 Å². The molecule has 31 heavy (non-hydrogen) atoms. The number of thioether (sulfide) groups is 1. The van der Waals surface area contributed by atoms with E-state index >= 15 is 0 Å². The largest absolute Gasteiger partial charge is 0.356 e. The van der Waals surface area contributed by atoms with Crippen molar-refractivity contribution in [3.63, 3.8) is 0 Å². The monoisotopic (exact) mass is 455 g/mol. The van der Waals surface area contributed by atoms with Crippen LogP contribution < -0.4 is 27.0 Å². The first kappa shape index (κ1) is 25.8. The van der Waals surface area contributed by atoms with Crippen LogP contribution in [0.5, 0.6) is 0 Å². The summed E-state index contributed by atoms with van der Waals surface area (Å²) in [6, 6.07) is -0.0238. The van der Waals surface area contributed by atoms with E-state index in [1.165, 1.54) is 0 Å². The standard InChI is InChI=1S/C22H41N5O3S/c1-22(2,3)19(23)20(29)25-13-9-5-4-8-12-24-17(28)11-7-6-10-16-18-15(14-31-16)26-21(30)27-18/h15-16,18-19H,4-14,23H2,1-3H3,(H,24,28)(H,25,29)(H2,26,27,30)/t15-,16-,18-,19+/m0/s1. The van der Waals surface area contributed by atoms with Gasteiger partial charge in [-0.05, 0) is 31.1 Å². The number of amides is 4. The van der Waals surface area contributed by atoms with Gasteiger partial charge in [0, 0.05) is 30.5 Å². The van der Waals surface area contributed by atoms with Gasteiger partial charge in [-0.2, -0.15) is 11.8 Å². The molecule has 2 saturated heterocycles. The third-order valence-electron chi connectivity index (χ3n) is 6.02. The predicted molar refractivity (Wildman–Crippen MR) is 126 cm³/mol. The van der Waals surface area contributed by atoms with Crippen molar-refractivity contribution in [2.24, 2.45) is 11.1 Å². The lowest BCUT2D eigenvalue weighted by Crippen LogP contribution is -2.48. The summed E-state index contributed by atoms with van der Waals surface area (Å²) in [6.45, 7) is 7.24. The molecule has 8 nitrogen and oxygen atoms in total. The number of hydrogen-bond donors (Lipinski definition) is 5. The molecule has 4 amide bonds. The van der Waals surface area contributed by atoms with E-state index < -0.39 is 6.04 Å². The Morgan fingerprint density at radius 1 is 1.06 bits per heavy atom. The molecule has 2 aliphatic heterocycles. The number of nitrogens with two attached hydrogens (primary N) is 1. The number of rotatable bonds is 13. The molecule has 0 bridgehead atoms. The number of hydrogen-bond acceptors (Lipinski definition) is 5. The molecule has 0 spiro atoms. The Balaban J connectivity index is 1.39. The van der Waals surface area contributed by atoms with Crippen LogP contribution in [0.3, 0.4) is 0 Å². The maximum atomic E-state index is 12.0. The molecule has 0 unspecified atom stereocenters. The summed E-state index contributed by atoms with van der Waals surface area (Å²) in [7, 11) is 0. The number of carbonyl (C=O) groups is 3. The lowest BCUT2D eigenvalue weighted by atomic mass is 9.87. The first-order valence-corrected chi connectivity index (χ1v) is 12.7. The van der Waals surface area contributed by atoms with E-state index in [0.717, 1.165) is 50.7 Å². The molecule has 4 atom stereocenters. The fourth-order valence-electron chi connectivity index (χ4n) is 3.91. The second-order valence-corrected chi connectivity index (χ2v) is 11.0. The van der Waals surface area contributed by atoms with Gasteiger partial charge in [-0.3, -0.25) is 9.59 Å². The summed E-state index contributed by atoms with van der Waals surface area (Å²) < 4.78 is 0. The lowest BCUT2D eigenvalue weighted by molar-refractivity contribution is -0.124. The highest BCUT2D eigenvalue weighted by Crippen LogP contribution is 2.33. The van der Waals surface area contributed by atoms with Gasteiger partial charge in [0.1, 0.15) is 0 Å². The Morgan fingerprint density at radius 3 is 2.42 bits per heavy atom. The van der Waals surface area contributed by atoms with E-state index in [1.807, 2.05) is 32.5 Å². The van der Waals surface area contributed by atoms with Crippen molar-refractivity contribution in [3.8, 4) is 0 Å². The van der Waals surface area contributed by atoms with Crippen LogP contribution >= 0.6 is 11.8 Å². The Kier molecular flexibility index (Phi) is 10.4. The molecule has 0 saturated carbocycles. The minimum absolute atomic E-state index is 0.0471. The van der Waals surface area contributed by atoms with E-state index in [2.05, 4.69) is 21.3 Å². The SMILES string of the molecule is CC(C)(C)[C@H](N)C(=O)NCCCCCCNC(=O)CCCC[C@@H]1SC[C@@H]2NC(=O)N[C@@H]21. The van der Waals surface area contributed by atoms with E-state index in [1.54, 1.807) is 0 Å². The van der Waals surface area contributed by atoms with Crippen LogP contribution in [0.15, 0.2) is 0 Å². The summed E-state index contributed by atoms with van der Waals surface area (Å²) in [5.41, 5.74) is 5.70. The third kappa shape index (κ3) is 8.88. The number of nitrogens with one attached hydrogen (secondary N) is 4. The Labute approximate surface area is 191 Å². The molecular formula is C22H41N5O3S. The van der Waals surface area contributed by atoms with E-state index in [9.17, 15) is 14.4 Å². The van der Waals surface area contributed by atoms with Gasteiger partial charge in [-0.1, -0.05) is 40.0 Å². The summed E-state index contributed by atoms with van der Waals surface area (Å²) in [5.74, 6) is 1.01. The van der Waals surface area contributed by atoms with Crippen LogP contribution in [0.25, 0.3) is 0 Å². The third-order valence-corrected chi connectivity index (χ3v) is 7.53. The molecular weight excluding hydrogens is 414 g/mol. The zero-order valence-electron chi connectivity index (χ0n) is 19.3. The molecule has 0 aromatic carbocycles. The average molecular weight is 456 g/mol. The molecule has 0 aromatic rings. The van der Waals surface area contributed by atoms with Crippen molar-refractivity contribution in [2.45, 2.75) is 95.5 Å². The molecule has 2 rings (SSSR count). The molecule has 0 radical (unpaired) electrons. The average Bonchev–Trinajstić information content (AvgIpc) is 3.25. The highest BCUT2D eigenvalue weighted by Gasteiger charge is 2.42. The summed E-state index contributed by atoms with van der Waals surface area (Å²) in [6.07, 6.45) is 7.43. The van der Waals surface area contributed by atoms with E-state index in [0.29, 0.717) is 24.8 Å². The van der Waals surface area contributed by atoms with Crippen LogP contribution in [0.1, 0.15) is 72.1 Å². The number of unbranched alkanes of at least 4 members (excludes halogenated alkanes) is 4. The zero-order valence-corrected chi connectivity index (χ0v) is 20.1. The van der Waals surface area contributed by atoms with Crippen molar-refractivity contribution >= 4 is 29.6 Å². The second-order valence-electron chi connectivity index (χ2n) is 9.77. The maximum Gasteiger partial charge on any atom is 0.315 e. The van der Waals surface area contributed by atoms with Crippen molar-refractivity contribution in [1.29, 1.82) is 0 Å². The summed E-state index contributed by atoms with van der Waals surface area (Å²) in [5, 5.41) is 12.3. The number of fused-ring (bicyclic) bond motifs is 1. The van der Waals surface area contributed by atoms with Gasteiger partial charge in [0.15, 0.2) is 0 Å². The van der Waals surface area contributed by atoms with Crippen LogP contribution in [0.4, 0.5) is 4.79 Å². The Morgan fingerprint density at radius 2 is 1.74 bits per heavy atom. The highest BCUT2D eigenvalue weighted by atomic mass is 32.2. The summed E-state index contributed by atoms with van der Waals surface area (Å²) in [4.78, 5) is 35.3. The fraction of sp³-hybridized carbons (Fsp3) is 0.864. The summed E-state index contributed by atoms with van der Waals surface area (Å²) >= 11 is 1.92. The molecule has 0 aliphatic carbocycles. The molecule has 2 heterocycles. The fourth-order valence-corrected chi connectivity index (χ4v) is 5.45. The normalized spacial score (nSPS) is 23.6. The minimum atomic E-state index is -0.489. The quantitative estimate of drug-likeness (QED) is 0.214. The van der Waals surface area contributed by atoms with Crippen molar-refractivity contribution < 1.29 is 14.4 Å². The van der Waals surface area contributed by atoms with Gasteiger partial charge < -0.3 is 27.0 Å². The van der Waals surface area contributed by atoms with Crippen LogP contribution in [0.2, 0.25) is 0 Å². The van der Waals surface area contributed by atoms with Crippen molar-refractivity contribution in [2.75, 3.05) is 18.8 Å². The van der Waals surface area contributed by atoms with Gasteiger partial charge in [0.05, 0.1) is 18.1 Å². The molecule has 6 N–H and O–H groups in total. The van der Waals surface area contributed by atoms with Crippen molar-refractivity contribution in [1.82, 2.24) is 21.3 Å². The van der Waals surface area contributed by atoms with Crippen molar-refractivity contribution in [3.05, 3.63) is 0 Å². The topological polar surface area (TPSA) is 125 Å². The van der Waals surface area contributed by atoms with Crippen LogP contribution in [0, 0.1) is 5.41 Å². The predicted octanol–water partition coefficient (Wildman–Crippen LogP) is 1.88. The van der Waals surface area contributed by atoms with Crippen LogP contribution in [-0.4, -0.2) is 60.1 Å². The molecule has 2 fully saturated rings. The molecule has 178 valence electrons. The van der Waals surface area contributed by atoms with E-state index in [-0.39, 0.29) is 35.3 Å². The molecule has 2 aliphatic rings. The Hall–Kier alpha value is -1.48. The second kappa shape index (κ2) is 12.5. The smallest absolute Gasteiger partial charge is 0.315 e. The number of urea groups is 1. The Bertz CT molecular complexity index is 610. The highest BCUT2D eigenvalue weighted by molar-refractivity contribution is 8.00. The van der Waals surface area contributed by atoms with Gasteiger partial charge in [-0.15, -0.1) is 0 Å². The number of carbonyl (C=O) groups excluding carboxylic acids is 3. The maximum absolute atomic E-state index is 12.0.